The molecule has 1 aromatic rings. The van der Waals surface area contributed by atoms with Crippen molar-refractivity contribution in [3.8, 4) is 0 Å². The minimum atomic E-state index is -0.0936. The molecule has 1 heterocycles. The highest BCUT2D eigenvalue weighted by Gasteiger charge is 2.23. The lowest BCUT2D eigenvalue weighted by Crippen LogP contribution is -2.25. The Hall–Kier alpha value is -1.69. The van der Waals surface area contributed by atoms with Crippen molar-refractivity contribution in [2.24, 2.45) is 5.92 Å². The normalized spacial score (nSPS) is 15.0. The van der Waals surface area contributed by atoms with Gasteiger partial charge < -0.3 is 10.6 Å². The van der Waals surface area contributed by atoms with Gasteiger partial charge in [0.15, 0.2) is 5.13 Å². The molecular formula is C14H19N3O2S. The number of rotatable bonds is 6. The molecule has 1 aliphatic rings. The molecule has 6 heteroatoms. The monoisotopic (exact) mass is 293 g/mol. The number of carbonyl (C=O) groups excluding carboxylic acids is 2. The molecule has 0 aliphatic heterocycles. The number of hydrogen-bond acceptors (Lipinski definition) is 4. The van der Waals surface area contributed by atoms with Crippen LogP contribution in [0.4, 0.5) is 5.13 Å². The topological polar surface area (TPSA) is 71.1 Å². The summed E-state index contributed by atoms with van der Waals surface area (Å²) in [7, 11) is 0. The maximum absolute atomic E-state index is 12.0. The van der Waals surface area contributed by atoms with Crippen LogP contribution in [-0.2, 0) is 16.0 Å². The molecule has 2 amide bonds. The third-order valence-electron chi connectivity index (χ3n) is 3.29. The predicted octanol–water partition coefficient (Wildman–Crippen LogP) is 2.12. The zero-order chi connectivity index (χ0) is 14.4. The second kappa shape index (κ2) is 7.19. The Balaban J connectivity index is 1.83. The maximum atomic E-state index is 12.0. The first-order chi connectivity index (χ1) is 9.69. The molecule has 0 saturated heterocycles. The summed E-state index contributed by atoms with van der Waals surface area (Å²) in [6.07, 6.45) is 6.05. The Morgan fingerprint density at radius 1 is 1.45 bits per heavy atom. The van der Waals surface area contributed by atoms with Gasteiger partial charge in [-0.3, -0.25) is 9.59 Å². The average Bonchev–Trinajstić information content (AvgIpc) is 3.08. The van der Waals surface area contributed by atoms with Crippen LogP contribution in [0.2, 0.25) is 0 Å². The van der Waals surface area contributed by atoms with E-state index in [-0.39, 0.29) is 24.2 Å². The molecule has 1 fully saturated rings. The molecule has 1 aromatic heterocycles. The average molecular weight is 293 g/mol. The van der Waals surface area contributed by atoms with Crippen LogP contribution in [0.15, 0.2) is 18.0 Å². The number of nitrogens with zero attached hydrogens (tertiary/aromatic N) is 1. The Kier molecular flexibility index (Phi) is 5.29. The van der Waals surface area contributed by atoms with Gasteiger partial charge in [0.2, 0.25) is 11.8 Å². The second-order valence-electron chi connectivity index (χ2n) is 4.88. The third kappa shape index (κ3) is 4.16. The van der Waals surface area contributed by atoms with Crippen LogP contribution in [-0.4, -0.2) is 23.3 Å². The van der Waals surface area contributed by atoms with Crippen molar-refractivity contribution in [3.05, 3.63) is 23.7 Å². The van der Waals surface area contributed by atoms with E-state index >= 15 is 0 Å². The molecule has 5 nitrogen and oxygen atoms in total. The van der Waals surface area contributed by atoms with Crippen LogP contribution in [0.1, 0.15) is 31.4 Å². The molecule has 0 bridgehead atoms. The van der Waals surface area contributed by atoms with Crippen LogP contribution in [0.5, 0.6) is 0 Å². The van der Waals surface area contributed by atoms with Crippen molar-refractivity contribution < 1.29 is 9.59 Å². The zero-order valence-corrected chi connectivity index (χ0v) is 12.2. The minimum Gasteiger partial charge on any atom is -0.352 e. The van der Waals surface area contributed by atoms with Crippen molar-refractivity contribution in [2.45, 2.75) is 32.1 Å². The Labute approximate surface area is 122 Å². The van der Waals surface area contributed by atoms with Crippen LogP contribution in [0.3, 0.4) is 0 Å². The third-order valence-corrected chi connectivity index (χ3v) is 4.10. The highest BCUT2D eigenvalue weighted by atomic mass is 32.1. The fourth-order valence-corrected chi connectivity index (χ4v) is 2.97. The molecule has 2 rings (SSSR count). The summed E-state index contributed by atoms with van der Waals surface area (Å²) < 4.78 is 0. The first-order valence-electron chi connectivity index (χ1n) is 6.82. The van der Waals surface area contributed by atoms with E-state index in [4.69, 9.17) is 0 Å². The van der Waals surface area contributed by atoms with E-state index < -0.39 is 0 Å². The van der Waals surface area contributed by atoms with E-state index in [1.54, 1.807) is 11.5 Å². The highest BCUT2D eigenvalue weighted by Crippen LogP contribution is 2.26. The van der Waals surface area contributed by atoms with Gasteiger partial charge in [0.25, 0.3) is 0 Å². The molecule has 0 aromatic carbocycles. The summed E-state index contributed by atoms with van der Waals surface area (Å²) in [6.45, 7) is 3.99. The number of aromatic nitrogens is 1. The van der Waals surface area contributed by atoms with Crippen molar-refractivity contribution >= 4 is 28.3 Å². The van der Waals surface area contributed by atoms with E-state index in [1.807, 2.05) is 0 Å². The predicted molar refractivity (Wildman–Crippen MR) is 79.6 cm³/mol. The van der Waals surface area contributed by atoms with Crippen molar-refractivity contribution in [1.29, 1.82) is 0 Å². The van der Waals surface area contributed by atoms with Gasteiger partial charge in [-0.1, -0.05) is 18.9 Å². The summed E-state index contributed by atoms with van der Waals surface area (Å²) in [5.41, 5.74) is 0.679. The van der Waals surface area contributed by atoms with Gasteiger partial charge in [0.05, 0.1) is 12.1 Å². The van der Waals surface area contributed by atoms with Gasteiger partial charge in [-0.15, -0.1) is 17.9 Å². The lowest BCUT2D eigenvalue weighted by molar-refractivity contribution is -0.120. The van der Waals surface area contributed by atoms with Crippen molar-refractivity contribution in [3.63, 3.8) is 0 Å². The van der Waals surface area contributed by atoms with Gasteiger partial charge in [0, 0.05) is 17.8 Å². The number of nitrogens with one attached hydrogen (secondary N) is 2. The standard InChI is InChI=1S/C14H19N3O2S/c1-2-7-15-12(18)8-11-9-20-14(16-11)17-13(19)10-5-3-4-6-10/h2,9-10H,1,3-8H2,(H,15,18)(H,16,17,19). The summed E-state index contributed by atoms with van der Waals surface area (Å²) in [4.78, 5) is 27.8. The highest BCUT2D eigenvalue weighted by molar-refractivity contribution is 7.13. The van der Waals surface area contributed by atoms with E-state index in [0.29, 0.717) is 17.4 Å². The zero-order valence-electron chi connectivity index (χ0n) is 11.4. The molecule has 0 atom stereocenters. The summed E-state index contributed by atoms with van der Waals surface area (Å²) in [6, 6.07) is 0. The van der Waals surface area contributed by atoms with Crippen molar-refractivity contribution in [1.82, 2.24) is 10.3 Å². The van der Waals surface area contributed by atoms with Crippen LogP contribution < -0.4 is 10.6 Å². The van der Waals surface area contributed by atoms with Crippen LogP contribution in [0.25, 0.3) is 0 Å². The first-order valence-corrected chi connectivity index (χ1v) is 7.70. The van der Waals surface area contributed by atoms with E-state index in [2.05, 4.69) is 22.2 Å². The quantitative estimate of drug-likeness (QED) is 0.789. The second-order valence-corrected chi connectivity index (χ2v) is 5.74. The molecular weight excluding hydrogens is 274 g/mol. The van der Waals surface area contributed by atoms with Gasteiger partial charge in [-0.05, 0) is 12.8 Å². The number of hydrogen-bond donors (Lipinski definition) is 2. The fourth-order valence-electron chi connectivity index (χ4n) is 2.25. The largest absolute Gasteiger partial charge is 0.352 e. The molecule has 0 spiro atoms. The summed E-state index contributed by atoms with van der Waals surface area (Å²) in [5, 5.41) is 7.92. The number of amides is 2. The molecule has 1 aliphatic carbocycles. The van der Waals surface area contributed by atoms with E-state index in [0.717, 1.165) is 25.7 Å². The van der Waals surface area contributed by atoms with Gasteiger partial charge in [0.1, 0.15) is 0 Å². The molecule has 2 N–H and O–H groups in total. The smallest absolute Gasteiger partial charge is 0.229 e. The van der Waals surface area contributed by atoms with Gasteiger partial charge in [-0.2, -0.15) is 0 Å². The van der Waals surface area contributed by atoms with Gasteiger partial charge >= 0.3 is 0 Å². The lowest BCUT2D eigenvalue weighted by Gasteiger charge is -2.07. The fraction of sp³-hybridized carbons (Fsp3) is 0.500. The van der Waals surface area contributed by atoms with Crippen LogP contribution >= 0.6 is 11.3 Å². The van der Waals surface area contributed by atoms with E-state index in [1.165, 1.54) is 11.3 Å². The van der Waals surface area contributed by atoms with Crippen LogP contribution in [0, 0.1) is 5.92 Å². The molecule has 0 radical (unpaired) electrons. The summed E-state index contributed by atoms with van der Waals surface area (Å²) in [5.74, 6) is 0.0848. The first kappa shape index (κ1) is 14.7. The van der Waals surface area contributed by atoms with E-state index in [9.17, 15) is 9.59 Å². The Morgan fingerprint density at radius 2 is 2.20 bits per heavy atom. The molecule has 1 saturated carbocycles. The molecule has 108 valence electrons. The Bertz CT molecular complexity index is 492. The number of carbonyl (C=O) groups is 2. The number of anilines is 1. The number of thiazole rings is 1. The Morgan fingerprint density at radius 3 is 2.90 bits per heavy atom. The maximum Gasteiger partial charge on any atom is 0.229 e. The van der Waals surface area contributed by atoms with Crippen molar-refractivity contribution in [2.75, 3.05) is 11.9 Å². The molecule has 20 heavy (non-hydrogen) atoms. The lowest BCUT2D eigenvalue weighted by atomic mass is 10.1. The summed E-state index contributed by atoms with van der Waals surface area (Å²) >= 11 is 1.36. The van der Waals surface area contributed by atoms with Gasteiger partial charge in [-0.25, -0.2) is 4.98 Å². The molecule has 0 unspecified atom stereocenters. The minimum absolute atomic E-state index is 0.0551. The SMILES string of the molecule is C=CCNC(=O)Cc1csc(NC(=O)C2CCCC2)n1.